The maximum Gasteiger partial charge on any atom is 0.358 e. The molecule has 0 bridgehead atoms. The predicted octanol–water partition coefficient (Wildman–Crippen LogP) is 3.12. The van der Waals surface area contributed by atoms with Gasteiger partial charge >= 0.3 is 5.97 Å². The van der Waals surface area contributed by atoms with Gasteiger partial charge in [0.15, 0.2) is 16.6 Å². The minimum Gasteiger partial charge on any atom is -0.464 e. The van der Waals surface area contributed by atoms with Crippen molar-refractivity contribution in [2.24, 2.45) is 0 Å². The third-order valence-corrected chi connectivity index (χ3v) is 3.72. The van der Waals surface area contributed by atoms with Gasteiger partial charge in [-0.2, -0.15) is 0 Å². The fourth-order valence-corrected chi connectivity index (χ4v) is 2.85. The van der Waals surface area contributed by atoms with Crippen LogP contribution < -0.4 is 5.32 Å². The van der Waals surface area contributed by atoms with E-state index in [0.717, 1.165) is 12.8 Å². The first-order chi connectivity index (χ1) is 8.80. The zero-order chi connectivity index (χ0) is 14.6. The van der Waals surface area contributed by atoms with Crippen molar-refractivity contribution in [1.29, 1.82) is 0 Å². The fourth-order valence-electron chi connectivity index (χ4n) is 1.82. The first kappa shape index (κ1) is 15.6. The molecule has 1 heterocycles. The van der Waals surface area contributed by atoms with Gasteiger partial charge < -0.3 is 10.1 Å². The van der Waals surface area contributed by atoms with E-state index in [1.165, 1.54) is 25.4 Å². The Hall–Kier alpha value is -1.43. The summed E-state index contributed by atoms with van der Waals surface area (Å²) >= 11 is 1.19. The van der Waals surface area contributed by atoms with E-state index in [-0.39, 0.29) is 17.0 Å². The van der Waals surface area contributed by atoms with Crippen LogP contribution in [0, 0.1) is 0 Å². The molecule has 0 radical (unpaired) electrons. The number of thiazole rings is 1. The van der Waals surface area contributed by atoms with Crippen LogP contribution in [0.25, 0.3) is 0 Å². The molecule has 19 heavy (non-hydrogen) atoms. The van der Waals surface area contributed by atoms with Crippen molar-refractivity contribution in [2.75, 3.05) is 12.4 Å². The average Bonchev–Trinajstić information content (AvgIpc) is 2.71. The summed E-state index contributed by atoms with van der Waals surface area (Å²) in [6.45, 7) is 7.64. The van der Waals surface area contributed by atoms with E-state index >= 15 is 0 Å². The molecule has 6 heteroatoms. The molecule has 0 aliphatic carbocycles. The molecule has 0 saturated carbocycles. The van der Waals surface area contributed by atoms with Crippen LogP contribution in [0.5, 0.6) is 0 Å². The van der Waals surface area contributed by atoms with Gasteiger partial charge in [-0.25, -0.2) is 9.78 Å². The number of carbonyl (C=O) groups is 2. The molecule has 0 aliphatic heterocycles. The standard InChI is InChI=1S/C13H20N2O3S/c1-6-7-13(3,4)15-12-14-9(11(17)18-5)10(19-12)8(2)16/h6-7H2,1-5H3,(H,14,15). The Labute approximate surface area is 117 Å². The second-order valence-corrected chi connectivity index (χ2v) is 6.00. The highest BCUT2D eigenvalue weighted by Gasteiger charge is 2.24. The molecule has 0 fully saturated rings. The number of hydrogen-bond acceptors (Lipinski definition) is 6. The van der Waals surface area contributed by atoms with Crippen molar-refractivity contribution in [3.8, 4) is 0 Å². The highest BCUT2D eigenvalue weighted by Crippen LogP contribution is 2.28. The van der Waals surface area contributed by atoms with Gasteiger partial charge in [0, 0.05) is 12.5 Å². The van der Waals surface area contributed by atoms with Crippen LogP contribution in [0.2, 0.25) is 0 Å². The second kappa shape index (κ2) is 6.14. The Morgan fingerprint density at radius 2 is 2.05 bits per heavy atom. The van der Waals surface area contributed by atoms with Gasteiger partial charge in [0.2, 0.25) is 0 Å². The van der Waals surface area contributed by atoms with E-state index in [0.29, 0.717) is 10.0 Å². The molecule has 0 aromatic carbocycles. The van der Waals surface area contributed by atoms with E-state index in [1.54, 1.807) is 0 Å². The van der Waals surface area contributed by atoms with Gasteiger partial charge in [0.1, 0.15) is 4.88 Å². The number of esters is 1. The molecular weight excluding hydrogens is 264 g/mol. The van der Waals surface area contributed by atoms with Gasteiger partial charge in [0.25, 0.3) is 0 Å². The Morgan fingerprint density at radius 1 is 1.42 bits per heavy atom. The lowest BCUT2D eigenvalue weighted by atomic mass is 10.00. The fraction of sp³-hybridized carbons (Fsp3) is 0.615. The summed E-state index contributed by atoms with van der Waals surface area (Å²) in [5, 5.41) is 3.83. The summed E-state index contributed by atoms with van der Waals surface area (Å²) in [7, 11) is 1.28. The van der Waals surface area contributed by atoms with Crippen molar-refractivity contribution in [1.82, 2.24) is 4.98 Å². The maximum atomic E-state index is 11.6. The van der Waals surface area contributed by atoms with Crippen molar-refractivity contribution in [2.45, 2.75) is 46.1 Å². The molecule has 0 saturated heterocycles. The van der Waals surface area contributed by atoms with E-state index < -0.39 is 5.97 Å². The number of carbonyl (C=O) groups excluding carboxylic acids is 2. The zero-order valence-electron chi connectivity index (χ0n) is 12.0. The number of ketones is 1. The Kier molecular flexibility index (Phi) is 5.05. The lowest BCUT2D eigenvalue weighted by molar-refractivity contribution is 0.0591. The van der Waals surface area contributed by atoms with Crippen LogP contribution in [0.4, 0.5) is 5.13 Å². The lowest BCUT2D eigenvalue weighted by Gasteiger charge is -2.25. The lowest BCUT2D eigenvalue weighted by Crippen LogP contribution is -2.30. The molecule has 1 rings (SSSR count). The molecule has 1 aromatic heterocycles. The summed E-state index contributed by atoms with van der Waals surface area (Å²) in [5.74, 6) is -0.762. The SMILES string of the molecule is CCCC(C)(C)Nc1nc(C(=O)OC)c(C(C)=O)s1. The van der Waals surface area contributed by atoms with E-state index in [1.807, 2.05) is 0 Å². The van der Waals surface area contributed by atoms with E-state index in [4.69, 9.17) is 0 Å². The van der Waals surface area contributed by atoms with Crippen LogP contribution in [-0.4, -0.2) is 29.4 Å². The van der Waals surface area contributed by atoms with Crippen LogP contribution in [0.15, 0.2) is 0 Å². The Bertz CT molecular complexity index is 480. The number of methoxy groups -OCH3 is 1. The summed E-state index contributed by atoms with van der Waals surface area (Å²) in [6, 6.07) is 0. The number of hydrogen-bond donors (Lipinski definition) is 1. The first-order valence-corrected chi connectivity index (χ1v) is 7.00. The number of anilines is 1. The first-order valence-electron chi connectivity index (χ1n) is 6.19. The minimum absolute atomic E-state index is 0.0924. The smallest absolute Gasteiger partial charge is 0.358 e. The van der Waals surface area contributed by atoms with E-state index in [2.05, 4.69) is 35.8 Å². The topological polar surface area (TPSA) is 68.3 Å². The minimum atomic E-state index is -0.581. The molecule has 5 nitrogen and oxygen atoms in total. The monoisotopic (exact) mass is 284 g/mol. The van der Waals surface area contributed by atoms with Crippen molar-refractivity contribution in [3.05, 3.63) is 10.6 Å². The molecule has 1 aromatic rings. The summed E-state index contributed by atoms with van der Waals surface area (Å²) < 4.78 is 4.64. The molecule has 0 spiro atoms. The predicted molar refractivity (Wildman–Crippen MR) is 76.1 cm³/mol. The summed E-state index contributed by atoms with van der Waals surface area (Å²) in [4.78, 5) is 27.6. The molecule has 0 amide bonds. The molecule has 1 N–H and O–H groups in total. The summed E-state index contributed by atoms with van der Waals surface area (Å²) in [5.41, 5.74) is -0.0385. The van der Waals surface area contributed by atoms with Crippen LogP contribution in [0.1, 0.15) is 60.7 Å². The Balaban J connectivity index is 3.05. The number of rotatable bonds is 6. The highest BCUT2D eigenvalue weighted by atomic mass is 32.1. The molecular formula is C13H20N2O3S. The highest BCUT2D eigenvalue weighted by molar-refractivity contribution is 7.17. The molecule has 0 aliphatic rings. The average molecular weight is 284 g/mol. The van der Waals surface area contributed by atoms with E-state index in [9.17, 15) is 9.59 Å². The largest absolute Gasteiger partial charge is 0.464 e. The quantitative estimate of drug-likeness (QED) is 0.642. The molecule has 0 unspecified atom stereocenters. The van der Waals surface area contributed by atoms with Gasteiger partial charge in [-0.15, -0.1) is 0 Å². The van der Waals surface area contributed by atoms with Crippen molar-refractivity contribution >= 4 is 28.2 Å². The van der Waals surface area contributed by atoms with Crippen molar-refractivity contribution < 1.29 is 14.3 Å². The zero-order valence-corrected chi connectivity index (χ0v) is 12.8. The van der Waals surface area contributed by atoms with Gasteiger partial charge in [-0.1, -0.05) is 24.7 Å². The molecule has 0 atom stereocenters. The number of Topliss-reactive ketones (excluding diaryl/α,β-unsaturated/α-hetero) is 1. The Morgan fingerprint density at radius 3 is 2.53 bits per heavy atom. The second-order valence-electron chi connectivity index (χ2n) is 5.00. The van der Waals surface area contributed by atoms with Crippen LogP contribution >= 0.6 is 11.3 Å². The van der Waals surface area contributed by atoms with Crippen LogP contribution in [0.3, 0.4) is 0 Å². The number of ether oxygens (including phenoxy) is 1. The van der Waals surface area contributed by atoms with Gasteiger partial charge in [0.05, 0.1) is 7.11 Å². The maximum absolute atomic E-state index is 11.6. The number of nitrogens with zero attached hydrogens (tertiary/aromatic N) is 1. The number of nitrogens with one attached hydrogen (secondary N) is 1. The van der Waals surface area contributed by atoms with Crippen LogP contribution in [-0.2, 0) is 4.74 Å². The van der Waals surface area contributed by atoms with Gasteiger partial charge in [-0.3, -0.25) is 4.79 Å². The van der Waals surface area contributed by atoms with Crippen molar-refractivity contribution in [3.63, 3.8) is 0 Å². The summed E-state index contributed by atoms with van der Waals surface area (Å²) in [6.07, 6.45) is 2.00. The molecule has 106 valence electrons. The third kappa shape index (κ3) is 4.02. The normalized spacial score (nSPS) is 11.2. The third-order valence-electron chi connectivity index (χ3n) is 2.65. The number of aromatic nitrogens is 1. The van der Waals surface area contributed by atoms with Gasteiger partial charge in [-0.05, 0) is 20.3 Å².